The highest BCUT2D eigenvalue weighted by molar-refractivity contribution is 5.60. The first kappa shape index (κ1) is 32.3. The average Bonchev–Trinajstić information content (AvgIpc) is 2.92. The van der Waals surface area contributed by atoms with E-state index >= 15 is 0 Å². The van der Waals surface area contributed by atoms with Crippen LogP contribution >= 0.6 is 0 Å². The van der Waals surface area contributed by atoms with Crippen molar-refractivity contribution >= 4 is 5.70 Å². The van der Waals surface area contributed by atoms with E-state index in [0.29, 0.717) is 23.1 Å². The molecule has 2 N–H and O–H groups in total. The number of alkyl halides is 7. The molecule has 42 heavy (non-hydrogen) atoms. The summed E-state index contributed by atoms with van der Waals surface area (Å²) in [5.41, 5.74) is 6.70. The third-order valence-electron chi connectivity index (χ3n) is 6.26. The molecule has 0 fully saturated rings. The van der Waals surface area contributed by atoms with Crippen LogP contribution in [-0.2, 0) is 19.0 Å². The lowest BCUT2D eigenvalue weighted by Gasteiger charge is -2.21. The summed E-state index contributed by atoms with van der Waals surface area (Å²) >= 11 is 0. The third kappa shape index (κ3) is 9.15. The van der Waals surface area contributed by atoms with Crippen molar-refractivity contribution < 1.29 is 39.5 Å². The molecule has 0 heterocycles. The van der Waals surface area contributed by atoms with E-state index in [1.165, 1.54) is 36.4 Å². The maximum Gasteiger partial charge on any atom is 0.416 e. The van der Waals surface area contributed by atoms with Crippen LogP contribution in [0, 0.1) is 11.6 Å². The SMILES string of the molecule is C=C(N)c1cccc(C(F)(F)F)c1.Fc1ccc([C@H](Cc2ccccc2)c2cc(F)cc(CC(F)(F)C(F)F)c2)cc1. The second-order valence-electron chi connectivity index (χ2n) is 9.53. The minimum atomic E-state index is -4.33. The van der Waals surface area contributed by atoms with Crippen LogP contribution < -0.4 is 5.73 Å². The molecule has 0 bridgehead atoms. The maximum absolute atomic E-state index is 14.2. The first-order valence-corrected chi connectivity index (χ1v) is 12.5. The first-order valence-electron chi connectivity index (χ1n) is 12.5. The Kier molecular flexibility index (Phi) is 10.5. The molecule has 0 aromatic heterocycles. The highest BCUT2D eigenvalue weighted by Crippen LogP contribution is 2.33. The van der Waals surface area contributed by atoms with Gasteiger partial charge in [0.2, 0.25) is 0 Å². The minimum absolute atomic E-state index is 0.131. The first-order chi connectivity index (χ1) is 19.7. The van der Waals surface area contributed by atoms with Gasteiger partial charge in [0.15, 0.2) is 0 Å². The summed E-state index contributed by atoms with van der Waals surface area (Å²) in [5.74, 6) is -5.95. The van der Waals surface area contributed by atoms with Crippen molar-refractivity contribution in [3.63, 3.8) is 0 Å². The normalized spacial score (nSPS) is 12.4. The zero-order chi connectivity index (χ0) is 31.1. The number of halogens is 9. The Morgan fingerprint density at radius 3 is 1.90 bits per heavy atom. The highest BCUT2D eigenvalue weighted by Gasteiger charge is 2.40. The van der Waals surface area contributed by atoms with Crippen molar-refractivity contribution in [1.82, 2.24) is 0 Å². The molecule has 1 nitrogen and oxygen atoms in total. The van der Waals surface area contributed by atoms with Crippen LogP contribution in [0.1, 0.15) is 39.3 Å². The predicted molar refractivity (Wildman–Crippen MR) is 144 cm³/mol. The van der Waals surface area contributed by atoms with Gasteiger partial charge < -0.3 is 5.73 Å². The largest absolute Gasteiger partial charge is 0.416 e. The number of hydrogen-bond acceptors (Lipinski definition) is 1. The molecule has 1 atom stereocenters. The Morgan fingerprint density at radius 2 is 1.33 bits per heavy atom. The van der Waals surface area contributed by atoms with Crippen molar-refractivity contribution in [3.05, 3.63) is 149 Å². The second-order valence-corrected chi connectivity index (χ2v) is 9.53. The van der Waals surface area contributed by atoms with Crippen LogP contribution in [0.4, 0.5) is 39.5 Å². The summed E-state index contributed by atoms with van der Waals surface area (Å²) in [4.78, 5) is 0. The van der Waals surface area contributed by atoms with Gasteiger partial charge in [0, 0.05) is 18.0 Å². The Balaban J connectivity index is 0.000000312. The third-order valence-corrected chi connectivity index (χ3v) is 6.26. The molecule has 10 heteroatoms. The fourth-order valence-electron chi connectivity index (χ4n) is 4.20. The van der Waals surface area contributed by atoms with E-state index in [2.05, 4.69) is 6.58 Å². The van der Waals surface area contributed by atoms with Gasteiger partial charge in [-0.2, -0.15) is 22.0 Å². The molecule has 0 aliphatic heterocycles. The molecule has 0 aliphatic carbocycles. The molecule has 0 spiro atoms. The van der Waals surface area contributed by atoms with Crippen LogP contribution in [-0.4, -0.2) is 12.3 Å². The van der Waals surface area contributed by atoms with Crippen LogP contribution in [0.25, 0.3) is 5.70 Å². The Morgan fingerprint density at radius 1 is 0.690 bits per heavy atom. The van der Waals surface area contributed by atoms with Crippen LogP contribution in [0.2, 0.25) is 0 Å². The lowest BCUT2D eigenvalue weighted by molar-refractivity contribution is -0.137. The van der Waals surface area contributed by atoms with Gasteiger partial charge in [-0.1, -0.05) is 67.2 Å². The quantitative estimate of drug-likeness (QED) is 0.202. The minimum Gasteiger partial charge on any atom is -0.399 e. The van der Waals surface area contributed by atoms with Crippen LogP contribution in [0.15, 0.2) is 104 Å². The smallest absolute Gasteiger partial charge is 0.399 e. The zero-order valence-corrected chi connectivity index (χ0v) is 22.0. The molecule has 0 amide bonds. The molecule has 0 unspecified atom stereocenters. The molecule has 4 rings (SSSR count). The molecular weight excluding hydrogens is 569 g/mol. The molecule has 4 aromatic rings. The van der Waals surface area contributed by atoms with Crippen LogP contribution in [0.5, 0.6) is 0 Å². The fourth-order valence-corrected chi connectivity index (χ4v) is 4.20. The standard InChI is InChI=1S/C23H18F6.C9H8F3N/c24-19-8-6-17(7-9-19)21(12-15-4-2-1-3-5-15)18-10-16(11-20(25)13-18)14-23(28,29)22(26)27;1-6(13)7-3-2-4-8(5-7)9(10,11)12/h1-11,13,21-22H,12,14H2;2-5H,1,13H2/t21-;/m0./s1. The summed E-state index contributed by atoms with van der Waals surface area (Å²) < 4.78 is 116. The van der Waals surface area contributed by atoms with Crippen molar-refractivity contribution in [2.75, 3.05) is 0 Å². The summed E-state index contributed by atoms with van der Waals surface area (Å²) in [6.45, 7) is 3.36. The van der Waals surface area contributed by atoms with Gasteiger partial charge in [0.1, 0.15) is 11.6 Å². The molecule has 4 aromatic carbocycles. The molecule has 0 saturated carbocycles. The Bertz CT molecular complexity index is 1460. The Hall–Kier alpha value is -4.21. The second kappa shape index (κ2) is 13.6. The van der Waals surface area contributed by atoms with Crippen LogP contribution in [0.3, 0.4) is 0 Å². The Labute approximate surface area is 237 Å². The van der Waals surface area contributed by atoms with E-state index in [-0.39, 0.29) is 11.3 Å². The van der Waals surface area contributed by atoms with E-state index in [9.17, 15) is 39.5 Å². The number of benzene rings is 4. The van der Waals surface area contributed by atoms with Crippen molar-refractivity contribution in [2.45, 2.75) is 37.3 Å². The predicted octanol–water partition coefficient (Wildman–Crippen LogP) is 9.42. The van der Waals surface area contributed by atoms with E-state index in [1.807, 2.05) is 30.3 Å². The summed E-state index contributed by atoms with van der Waals surface area (Å²) in [5, 5.41) is 0. The molecule has 0 saturated heterocycles. The van der Waals surface area contributed by atoms with Gasteiger partial charge in [-0.3, -0.25) is 0 Å². The zero-order valence-electron chi connectivity index (χ0n) is 22.0. The van der Waals surface area contributed by atoms with E-state index in [1.54, 1.807) is 12.1 Å². The molecular formula is C32H26F9N. The lowest BCUT2D eigenvalue weighted by atomic mass is 9.85. The summed E-state index contributed by atoms with van der Waals surface area (Å²) in [7, 11) is 0. The average molecular weight is 596 g/mol. The number of nitrogens with two attached hydrogens (primary N) is 1. The van der Waals surface area contributed by atoms with Crippen molar-refractivity contribution in [2.24, 2.45) is 5.73 Å². The highest BCUT2D eigenvalue weighted by atomic mass is 19.4. The van der Waals surface area contributed by atoms with Crippen molar-refractivity contribution in [3.8, 4) is 0 Å². The maximum atomic E-state index is 14.2. The summed E-state index contributed by atoms with van der Waals surface area (Å²) in [6, 6.07) is 22.9. The lowest BCUT2D eigenvalue weighted by Crippen LogP contribution is -2.29. The topological polar surface area (TPSA) is 26.0 Å². The van der Waals surface area contributed by atoms with Gasteiger partial charge >= 0.3 is 18.5 Å². The van der Waals surface area contributed by atoms with Gasteiger partial charge in [0.05, 0.1) is 5.56 Å². The van der Waals surface area contributed by atoms with Gasteiger partial charge in [-0.15, -0.1) is 0 Å². The number of rotatable bonds is 8. The summed E-state index contributed by atoms with van der Waals surface area (Å²) in [6.07, 6.45) is -9.03. The number of hydrogen-bond donors (Lipinski definition) is 1. The fraction of sp³-hybridized carbons (Fsp3) is 0.188. The molecule has 222 valence electrons. The monoisotopic (exact) mass is 595 g/mol. The molecule has 0 aliphatic rings. The van der Waals surface area contributed by atoms with Gasteiger partial charge in [0.25, 0.3) is 0 Å². The molecule has 0 radical (unpaired) electrons. The van der Waals surface area contributed by atoms with Gasteiger partial charge in [-0.25, -0.2) is 17.6 Å². The van der Waals surface area contributed by atoms with E-state index < -0.39 is 48.1 Å². The van der Waals surface area contributed by atoms with Gasteiger partial charge in [-0.05, 0) is 70.6 Å². The van der Waals surface area contributed by atoms with E-state index in [4.69, 9.17) is 5.73 Å². The van der Waals surface area contributed by atoms with Crippen molar-refractivity contribution in [1.29, 1.82) is 0 Å². The van der Waals surface area contributed by atoms with E-state index in [0.717, 1.165) is 23.8 Å².